The fourth-order valence-electron chi connectivity index (χ4n) is 11.1. The van der Waals surface area contributed by atoms with Gasteiger partial charge in [0.1, 0.15) is 17.3 Å². The van der Waals surface area contributed by atoms with E-state index < -0.39 is 61.3 Å². The highest BCUT2D eigenvalue weighted by Gasteiger charge is 2.66. The summed E-state index contributed by atoms with van der Waals surface area (Å²) >= 11 is 0. The van der Waals surface area contributed by atoms with Gasteiger partial charge in [-0.3, -0.25) is 28.5 Å². The maximum Gasteiger partial charge on any atom is 0.387 e. The van der Waals surface area contributed by atoms with Crippen LogP contribution in [0.4, 0.5) is 8.78 Å². The Labute approximate surface area is 387 Å². The highest BCUT2D eigenvalue weighted by Crippen LogP contribution is 2.66. The molecule has 9 atom stereocenters. The highest BCUT2D eigenvalue weighted by molar-refractivity contribution is 7.97. The highest BCUT2D eigenvalue weighted by atomic mass is 32.2. The fraction of sp³-hybridized carbons (Fsp3) is 0.521. The second kappa shape index (κ2) is 20.5. The van der Waals surface area contributed by atoms with E-state index >= 15 is 0 Å². The summed E-state index contributed by atoms with van der Waals surface area (Å²) in [6, 6.07) is 32.2. The zero-order valence-corrected chi connectivity index (χ0v) is 39.5. The molecule has 0 amide bonds. The molecular weight excluding hydrogens is 919 g/mol. The fourth-order valence-corrected chi connectivity index (χ4v) is 14.8. The van der Waals surface area contributed by atoms with Crippen LogP contribution in [0.3, 0.4) is 0 Å². The maximum atomic E-state index is 13.9. The van der Waals surface area contributed by atoms with Crippen LogP contribution < -0.4 is 0 Å². The van der Waals surface area contributed by atoms with Crippen molar-refractivity contribution < 1.29 is 68.2 Å². The molecule has 4 fully saturated rings. The molecule has 3 aromatic carbocycles. The molecule has 4 aliphatic rings. The first-order chi connectivity index (χ1) is 31.0. The van der Waals surface area contributed by atoms with Gasteiger partial charge in [-0.05, 0) is 104 Å². The zero-order valence-electron chi connectivity index (χ0n) is 37.0. The number of esters is 2. The van der Waals surface area contributed by atoms with Crippen molar-refractivity contribution in [3.8, 4) is 0 Å². The van der Waals surface area contributed by atoms with Crippen molar-refractivity contribution >= 4 is 60.4 Å². The van der Waals surface area contributed by atoms with Crippen LogP contribution in [0.2, 0.25) is 0 Å². The number of Topliss-reactive ketones (excluding diaryl/α,β-unsaturated/α-hetero) is 3. The van der Waals surface area contributed by atoms with E-state index in [-0.39, 0.29) is 82.0 Å². The molecule has 0 heterocycles. The van der Waals surface area contributed by atoms with Gasteiger partial charge in [-0.2, -0.15) is 17.2 Å². The first kappa shape index (κ1) is 51.0. The Balaban J connectivity index is 0.000000312. The van der Waals surface area contributed by atoms with Crippen molar-refractivity contribution in [3.63, 3.8) is 0 Å². The lowest BCUT2D eigenvalue weighted by Gasteiger charge is -2.58. The minimum absolute atomic E-state index is 0.0146. The largest absolute Gasteiger partial charge is 0.743 e. The van der Waals surface area contributed by atoms with E-state index in [1.807, 2.05) is 13.8 Å². The lowest BCUT2D eigenvalue weighted by molar-refractivity contribution is -0.166. The average Bonchev–Trinajstić information content (AvgIpc) is 3.63. The van der Waals surface area contributed by atoms with Crippen LogP contribution in [0.5, 0.6) is 0 Å². The van der Waals surface area contributed by atoms with E-state index in [4.69, 9.17) is 9.29 Å². The van der Waals surface area contributed by atoms with Crippen LogP contribution in [-0.4, -0.2) is 72.5 Å². The van der Waals surface area contributed by atoms with Gasteiger partial charge in [0, 0.05) is 49.9 Å². The van der Waals surface area contributed by atoms with Crippen LogP contribution >= 0.6 is 0 Å². The number of ketones is 3. The number of rotatable bonds is 15. The van der Waals surface area contributed by atoms with E-state index in [2.05, 4.69) is 103 Å². The number of alkyl halides is 2. The first-order valence-corrected chi connectivity index (χ1v) is 26.3. The van der Waals surface area contributed by atoms with Crippen molar-refractivity contribution in [2.75, 3.05) is 6.61 Å². The summed E-state index contributed by atoms with van der Waals surface area (Å²) in [5.74, 6) is -2.50. The van der Waals surface area contributed by atoms with E-state index in [1.54, 1.807) is 0 Å². The molecule has 0 spiro atoms. The smallest absolute Gasteiger partial charge is 0.387 e. The predicted octanol–water partition coefficient (Wildman–Crippen LogP) is 7.99. The van der Waals surface area contributed by atoms with Gasteiger partial charge in [-0.15, -0.1) is 0 Å². The lowest BCUT2D eigenvalue weighted by Crippen LogP contribution is -2.60. The van der Waals surface area contributed by atoms with Crippen LogP contribution in [0.25, 0.3) is 0 Å². The Morgan fingerprint density at radius 3 is 1.88 bits per heavy atom. The minimum Gasteiger partial charge on any atom is -0.743 e. The third kappa shape index (κ3) is 10.8. The molecule has 18 heteroatoms. The molecule has 66 heavy (non-hydrogen) atoms. The first-order valence-electron chi connectivity index (χ1n) is 22.1. The summed E-state index contributed by atoms with van der Waals surface area (Å²) in [7, 11) is -12.7. The molecule has 3 aromatic rings. The number of carbonyl (C=O) groups is 5. The second-order valence-electron chi connectivity index (χ2n) is 18.4. The summed E-state index contributed by atoms with van der Waals surface area (Å²) in [4.78, 5) is 68.0. The number of fused-ring (bicyclic) bond motifs is 5. The monoisotopic (exact) mass is 974 g/mol. The van der Waals surface area contributed by atoms with Crippen LogP contribution in [0, 0.1) is 46.3 Å². The van der Waals surface area contributed by atoms with E-state index in [1.165, 1.54) is 14.7 Å². The summed E-state index contributed by atoms with van der Waals surface area (Å²) in [6.07, 6.45) is 2.82. The standard InChI is InChI=1S/C30H42F2O13S2.C18H15S/c1-16(6-9-24(36)44-12-4-5-25(37)45-27(46(38,39)40)30(31,32)47(41,42)43)19-7-8-20-26-21(15-23(35)29(19,20)3)28(2)11-10-18(33)13-17(28)14-22(26)34;1-4-10-16(11-5-1)19(17-12-6-2-7-13-17)18-14-8-3-9-15-18/h16-17,19-21,26-27H,4-15H2,1-3H3,(H,38,39,40)(H,41,42,43);1-15H/q;+1/p-1. The second-order valence-corrected chi connectivity index (χ2v) is 23.3. The third-order valence-corrected chi connectivity index (χ3v) is 18.7. The summed E-state index contributed by atoms with van der Waals surface area (Å²) in [6.45, 7) is 5.62. The van der Waals surface area contributed by atoms with E-state index in [0.29, 0.717) is 38.5 Å². The number of hydrogen-bond donors (Lipinski definition) is 1. The Bertz CT molecular complexity index is 2380. The van der Waals surface area contributed by atoms with Crippen molar-refractivity contribution in [3.05, 3.63) is 91.0 Å². The zero-order chi connectivity index (χ0) is 48.2. The van der Waals surface area contributed by atoms with Crippen LogP contribution in [0.1, 0.15) is 91.4 Å². The van der Waals surface area contributed by atoms with E-state index in [9.17, 15) is 54.1 Å². The van der Waals surface area contributed by atoms with Gasteiger partial charge in [0.15, 0.2) is 24.8 Å². The number of carbonyl (C=O) groups excluding carboxylic acids is 5. The molecule has 0 aromatic heterocycles. The van der Waals surface area contributed by atoms with Gasteiger partial charge < -0.3 is 14.0 Å². The maximum absolute atomic E-state index is 13.9. The van der Waals surface area contributed by atoms with E-state index in [0.717, 1.165) is 12.8 Å². The Hall–Kier alpha value is -4.36. The molecule has 358 valence electrons. The Morgan fingerprint density at radius 2 is 1.36 bits per heavy atom. The van der Waals surface area contributed by atoms with Gasteiger partial charge in [0.25, 0.3) is 0 Å². The van der Waals surface area contributed by atoms with Crippen molar-refractivity contribution in [1.82, 2.24) is 0 Å². The molecule has 7 rings (SSSR count). The molecule has 4 saturated carbocycles. The molecule has 0 saturated heterocycles. The van der Waals surface area contributed by atoms with Crippen molar-refractivity contribution in [2.45, 2.75) is 117 Å². The van der Waals surface area contributed by atoms with Crippen LogP contribution in [0.15, 0.2) is 106 Å². The molecule has 0 bridgehead atoms. The normalized spacial score (nSPS) is 27.3. The summed E-state index contributed by atoms with van der Waals surface area (Å²) < 4.78 is 99.7. The molecule has 0 radical (unpaired) electrons. The SMILES string of the molecule is CC(CCC(=O)OCCCC(=O)OC(C(F)(F)S(=O)(=O)[O-])S(=O)(=O)O)C1CCC2C3C(=O)CC4CC(=O)CCC4(C)C3CC(=O)C12C.c1ccc([S+](c2ccccc2)c2ccccc2)cc1. The average molecular weight is 975 g/mol. The molecular formula is C48H56F2O13S3. The van der Waals surface area contributed by atoms with Gasteiger partial charge in [-0.25, -0.2) is 8.42 Å². The van der Waals surface area contributed by atoms with Crippen molar-refractivity contribution in [2.24, 2.45) is 46.3 Å². The molecule has 4 aliphatic carbocycles. The van der Waals surface area contributed by atoms with Gasteiger partial charge in [0.05, 0.1) is 17.5 Å². The molecule has 0 aliphatic heterocycles. The quantitative estimate of drug-likeness (QED) is 0.0662. The lowest BCUT2D eigenvalue weighted by atomic mass is 9.44. The topological polar surface area (TPSA) is 215 Å². The van der Waals surface area contributed by atoms with Crippen molar-refractivity contribution in [1.29, 1.82) is 0 Å². The Kier molecular flexibility index (Phi) is 15.8. The van der Waals surface area contributed by atoms with Crippen LogP contribution in [-0.2, 0) is 64.6 Å². The van der Waals surface area contributed by atoms with Gasteiger partial charge in [0.2, 0.25) is 0 Å². The summed E-state index contributed by atoms with van der Waals surface area (Å²) in [5.41, 5.74) is -4.92. The summed E-state index contributed by atoms with van der Waals surface area (Å²) in [5, 5.41) is -5.66. The number of hydrogen-bond acceptors (Lipinski definition) is 12. The molecule has 13 nitrogen and oxygen atoms in total. The molecule has 1 N–H and O–H groups in total. The minimum atomic E-state index is -6.63. The predicted molar refractivity (Wildman–Crippen MR) is 237 cm³/mol. The number of halogens is 2. The number of ether oxygens (including phenoxy) is 2. The van der Waals surface area contributed by atoms with Gasteiger partial charge in [-0.1, -0.05) is 75.4 Å². The number of benzene rings is 3. The Morgan fingerprint density at radius 1 is 0.818 bits per heavy atom. The molecule has 9 unspecified atom stereocenters. The third-order valence-electron chi connectivity index (χ3n) is 14.6. The van der Waals surface area contributed by atoms with Gasteiger partial charge >= 0.3 is 32.7 Å².